The highest BCUT2D eigenvalue weighted by Crippen LogP contribution is 2.50. The van der Waals surface area contributed by atoms with Gasteiger partial charge in [0.15, 0.2) is 5.58 Å². The Kier molecular flexibility index (Phi) is 5.70. The number of nitrogens with zero attached hydrogens (tertiary/aromatic N) is 1. The number of para-hydroxylation sites is 2. The van der Waals surface area contributed by atoms with Crippen molar-refractivity contribution < 1.29 is 4.42 Å². The smallest absolute Gasteiger partial charge is 0.160 e. The van der Waals surface area contributed by atoms with Crippen LogP contribution in [0.1, 0.15) is 0 Å². The molecule has 11 rings (SSSR count). The predicted octanol–water partition coefficient (Wildman–Crippen LogP) is 13.5. The zero-order chi connectivity index (χ0) is 32.8. The molecule has 9 aromatic carbocycles. The van der Waals surface area contributed by atoms with Gasteiger partial charge in [0.05, 0.1) is 11.0 Å². The van der Waals surface area contributed by atoms with Crippen LogP contribution in [0.3, 0.4) is 0 Å². The average Bonchev–Trinajstić information content (AvgIpc) is 3.75. The monoisotopic (exact) mass is 635 g/mol. The molecule has 232 valence electrons. The number of rotatable bonds is 3. The van der Waals surface area contributed by atoms with Crippen molar-refractivity contribution in [3.05, 3.63) is 176 Å². The predicted molar refractivity (Wildman–Crippen MR) is 211 cm³/mol. The van der Waals surface area contributed by atoms with Crippen LogP contribution in [0.25, 0.3) is 104 Å². The van der Waals surface area contributed by atoms with Crippen LogP contribution in [0, 0.1) is 0 Å². The Labute approximate surface area is 288 Å². The minimum absolute atomic E-state index is 0.902. The maximum absolute atomic E-state index is 6.95. The Bertz CT molecular complexity index is 3110. The molecule has 0 aliphatic heterocycles. The normalized spacial score (nSPS) is 12.0. The van der Waals surface area contributed by atoms with Gasteiger partial charge in [-0.2, -0.15) is 0 Å². The van der Waals surface area contributed by atoms with Gasteiger partial charge in [0.25, 0.3) is 0 Å². The van der Waals surface area contributed by atoms with Crippen LogP contribution in [-0.4, -0.2) is 4.57 Å². The Balaban J connectivity index is 1.24. The molecule has 2 aromatic heterocycles. The van der Waals surface area contributed by atoms with Crippen molar-refractivity contribution in [3.8, 4) is 27.9 Å². The van der Waals surface area contributed by atoms with Crippen molar-refractivity contribution in [1.82, 2.24) is 4.57 Å². The maximum atomic E-state index is 6.95. The standard InChI is InChI=1S/C48H29NO/c1-2-12-30(13-3-1)31-22-24-32(25-23-31)33-26-28-34(29-27-33)49-41-20-10-8-18-39(41)45-43-37-16-6-4-14-35(37)36-15-5-7-17-38(36)44(43)46-40-19-9-11-21-42(40)50-48(46)47(45)49/h1-29H. The molecule has 2 heteroatoms. The van der Waals surface area contributed by atoms with Crippen molar-refractivity contribution in [2.24, 2.45) is 0 Å². The van der Waals surface area contributed by atoms with Crippen molar-refractivity contribution in [1.29, 1.82) is 0 Å². The average molecular weight is 636 g/mol. The Morgan fingerprint density at radius 3 is 1.42 bits per heavy atom. The summed E-state index contributed by atoms with van der Waals surface area (Å²) in [4.78, 5) is 0. The quantitative estimate of drug-likeness (QED) is 0.177. The molecular weight excluding hydrogens is 607 g/mol. The summed E-state index contributed by atoms with van der Waals surface area (Å²) in [7, 11) is 0. The summed E-state index contributed by atoms with van der Waals surface area (Å²) >= 11 is 0. The van der Waals surface area contributed by atoms with Crippen LogP contribution in [0.2, 0.25) is 0 Å². The highest BCUT2D eigenvalue weighted by Gasteiger charge is 2.25. The summed E-state index contributed by atoms with van der Waals surface area (Å²) in [5, 5.41) is 12.3. The highest BCUT2D eigenvalue weighted by atomic mass is 16.3. The molecule has 0 radical (unpaired) electrons. The van der Waals surface area contributed by atoms with Crippen molar-refractivity contribution in [2.75, 3.05) is 0 Å². The molecule has 0 saturated heterocycles. The van der Waals surface area contributed by atoms with Gasteiger partial charge >= 0.3 is 0 Å². The molecule has 0 spiro atoms. The van der Waals surface area contributed by atoms with Crippen LogP contribution in [0.15, 0.2) is 180 Å². The number of aromatic nitrogens is 1. The molecule has 0 aliphatic rings. The lowest BCUT2D eigenvalue weighted by atomic mass is 9.89. The molecule has 0 fully saturated rings. The summed E-state index contributed by atoms with van der Waals surface area (Å²) in [5.41, 5.74) is 10.0. The Morgan fingerprint density at radius 2 is 0.780 bits per heavy atom. The fourth-order valence-corrected chi connectivity index (χ4v) is 8.39. The van der Waals surface area contributed by atoms with E-state index >= 15 is 0 Å². The van der Waals surface area contributed by atoms with E-state index in [0.717, 1.165) is 33.3 Å². The van der Waals surface area contributed by atoms with Crippen molar-refractivity contribution in [3.63, 3.8) is 0 Å². The fourth-order valence-electron chi connectivity index (χ4n) is 8.39. The maximum Gasteiger partial charge on any atom is 0.160 e. The molecule has 50 heavy (non-hydrogen) atoms. The summed E-state index contributed by atoms with van der Waals surface area (Å²) in [6.07, 6.45) is 0. The van der Waals surface area contributed by atoms with Gasteiger partial charge in [-0.25, -0.2) is 0 Å². The van der Waals surface area contributed by atoms with E-state index in [4.69, 9.17) is 4.42 Å². The molecule has 0 unspecified atom stereocenters. The molecule has 0 saturated carbocycles. The van der Waals surface area contributed by atoms with E-state index in [2.05, 4.69) is 180 Å². The minimum atomic E-state index is 0.902. The first-order valence-electron chi connectivity index (χ1n) is 17.2. The van der Waals surface area contributed by atoms with Gasteiger partial charge < -0.3 is 8.98 Å². The summed E-state index contributed by atoms with van der Waals surface area (Å²) in [6, 6.07) is 63.5. The van der Waals surface area contributed by atoms with Crippen LogP contribution >= 0.6 is 0 Å². The van der Waals surface area contributed by atoms with Crippen molar-refractivity contribution in [2.45, 2.75) is 0 Å². The van der Waals surface area contributed by atoms with Gasteiger partial charge in [0.1, 0.15) is 5.58 Å². The fraction of sp³-hybridized carbons (Fsp3) is 0. The third kappa shape index (κ3) is 3.79. The van der Waals surface area contributed by atoms with E-state index in [0.29, 0.717) is 0 Å². The van der Waals surface area contributed by atoms with E-state index < -0.39 is 0 Å². The lowest BCUT2D eigenvalue weighted by Crippen LogP contribution is -1.95. The van der Waals surface area contributed by atoms with Gasteiger partial charge in [0, 0.05) is 38.0 Å². The van der Waals surface area contributed by atoms with E-state index in [1.54, 1.807) is 0 Å². The van der Waals surface area contributed by atoms with Crippen LogP contribution in [0.5, 0.6) is 0 Å². The molecule has 0 N–H and O–H groups in total. The Morgan fingerprint density at radius 1 is 0.320 bits per heavy atom. The number of benzene rings is 9. The topological polar surface area (TPSA) is 18.1 Å². The molecular formula is C48H29NO. The second kappa shape index (κ2) is 10.4. The van der Waals surface area contributed by atoms with Crippen LogP contribution in [0.4, 0.5) is 0 Å². The highest BCUT2D eigenvalue weighted by molar-refractivity contribution is 6.44. The summed E-state index contributed by atoms with van der Waals surface area (Å²) < 4.78 is 9.36. The van der Waals surface area contributed by atoms with E-state index in [1.807, 2.05) is 0 Å². The van der Waals surface area contributed by atoms with Crippen molar-refractivity contribution >= 4 is 76.1 Å². The van der Waals surface area contributed by atoms with E-state index in [1.165, 1.54) is 70.7 Å². The van der Waals surface area contributed by atoms with Gasteiger partial charge in [0.2, 0.25) is 0 Å². The molecule has 2 nitrogen and oxygen atoms in total. The third-order valence-corrected chi connectivity index (χ3v) is 10.6. The number of hydrogen-bond acceptors (Lipinski definition) is 1. The second-order valence-electron chi connectivity index (χ2n) is 13.2. The number of furan rings is 1. The van der Waals surface area contributed by atoms with Gasteiger partial charge in [-0.05, 0) is 68.1 Å². The molecule has 0 bridgehead atoms. The first-order chi connectivity index (χ1) is 24.8. The lowest BCUT2D eigenvalue weighted by molar-refractivity contribution is 0.671. The SMILES string of the molecule is c1ccc(-c2ccc(-c3ccc(-n4c5ccccc5c5c6c7ccccc7c7ccccc7c6c6c7ccccc7oc6c54)cc3)cc2)cc1. The molecule has 11 aromatic rings. The van der Waals surface area contributed by atoms with Gasteiger partial charge in [-0.1, -0.05) is 152 Å². The van der Waals surface area contributed by atoms with Crippen LogP contribution in [-0.2, 0) is 0 Å². The summed E-state index contributed by atoms with van der Waals surface area (Å²) in [5.74, 6) is 0. The first-order valence-corrected chi connectivity index (χ1v) is 17.2. The van der Waals surface area contributed by atoms with Crippen LogP contribution < -0.4 is 0 Å². The second-order valence-corrected chi connectivity index (χ2v) is 13.2. The zero-order valence-electron chi connectivity index (χ0n) is 27.1. The molecule has 2 heterocycles. The van der Waals surface area contributed by atoms with Gasteiger partial charge in [-0.15, -0.1) is 0 Å². The lowest BCUT2D eigenvalue weighted by Gasteiger charge is -2.14. The Hall–Kier alpha value is -6.64. The molecule has 0 amide bonds. The molecule has 0 atom stereocenters. The first kappa shape index (κ1) is 27.3. The number of hydrogen-bond donors (Lipinski definition) is 0. The number of fused-ring (bicyclic) bond motifs is 15. The van der Waals surface area contributed by atoms with E-state index in [-0.39, 0.29) is 0 Å². The zero-order valence-corrected chi connectivity index (χ0v) is 27.1. The molecule has 0 aliphatic carbocycles. The van der Waals surface area contributed by atoms with E-state index in [9.17, 15) is 0 Å². The van der Waals surface area contributed by atoms with Gasteiger partial charge in [-0.3, -0.25) is 0 Å². The largest absolute Gasteiger partial charge is 0.454 e. The summed E-state index contributed by atoms with van der Waals surface area (Å²) in [6.45, 7) is 0. The third-order valence-electron chi connectivity index (χ3n) is 10.6. The minimum Gasteiger partial charge on any atom is -0.454 e.